The number of hydrogen-bond donors (Lipinski definition) is 0. The SMILES string of the molecule is Fc1cc(OCc2ccc(Cl)cc2)ccc1Br. The maximum absolute atomic E-state index is 13.2. The van der Waals surface area contributed by atoms with Crippen LogP contribution in [0.15, 0.2) is 46.9 Å². The van der Waals surface area contributed by atoms with Gasteiger partial charge in [-0.15, -0.1) is 0 Å². The summed E-state index contributed by atoms with van der Waals surface area (Å²) < 4.78 is 19.1. The van der Waals surface area contributed by atoms with Crippen molar-refractivity contribution in [3.8, 4) is 5.75 Å². The summed E-state index contributed by atoms with van der Waals surface area (Å²) in [7, 11) is 0. The molecular formula is C13H9BrClFO. The van der Waals surface area contributed by atoms with Gasteiger partial charge in [0.1, 0.15) is 18.2 Å². The predicted octanol–water partition coefficient (Wildman–Crippen LogP) is 4.82. The fraction of sp³-hybridized carbons (Fsp3) is 0.0769. The van der Waals surface area contributed by atoms with Crippen LogP contribution < -0.4 is 4.74 Å². The number of benzene rings is 2. The van der Waals surface area contributed by atoms with Gasteiger partial charge in [-0.2, -0.15) is 0 Å². The first-order valence-corrected chi connectivity index (χ1v) is 6.14. The molecule has 0 aliphatic carbocycles. The lowest BCUT2D eigenvalue weighted by Crippen LogP contribution is -1.95. The van der Waals surface area contributed by atoms with Crippen molar-refractivity contribution >= 4 is 27.5 Å². The van der Waals surface area contributed by atoms with E-state index in [-0.39, 0.29) is 5.82 Å². The number of rotatable bonds is 3. The summed E-state index contributed by atoms with van der Waals surface area (Å²) in [5.74, 6) is 0.166. The third-order valence-electron chi connectivity index (χ3n) is 2.21. The standard InChI is InChI=1S/C13H9BrClFO/c14-12-6-5-11(7-13(12)16)17-8-9-1-3-10(15)4-2-9/h1-7H,8H2. The third kappa shape index (κ3) is 3.45. The van der Waals surface area contributed by atoms with Gasteiger partial charge < -0.3 is 4.74 Å². The number of halogens is 3. The average Bonchev–Trinajstić information content (AvgIpc) is 2.33. The Morgan fingerprint density at radius 1 is 1.12 bits per heavy atom. The van der Waals surface area contributed by atoms with Gasteiger partial charge in [0.15, 0.2) is 0 Å². The topological polar surface area (TPSA) is 9.23 Å². The number of hydrogen-bond acceptors (Lipinski definition) is 1. The molecule has 0 heterocycles. The van der Waals surface area contributed by atoms with Crippen LogP contribution >= 0.6 is 27.5 Å². The minimum atomic E-state index is -0.335. The molecule has 0 atom stereocenters. The smallest absolute Gasteiger partial charge is 0.141 e. The zero-order valence-corrected chi connectivity index (χ0v) is 11.1. The zero-order valence-electron chi connectivity index (χ0n) is 8.79. The molecule has 17 heavy (non-hydrogen) atoms. The highest BCUT2D eigenvalue weighted by molar-refractivity contribution is 9.10. The minimum absolute atomic E-state index is 0.335. The molecule has 1 nitrogen and oxygen atoms in total. The van der Waals surface area contributed by atoms with Gasteiger partial charge in [-0.05, 0) is 45.8 Å². The molecule has 2 aromatic carbocycles. The van der Waals surface area contributed by atoms with Gasteiger partial charge in [0.25, 0.3) is 0 Å². The van der Waals surface area contributed by atoms with Crippen LogP contribution in [0.1, 0.15) is 5.56 Å². The highest BCUT2D eigenvalue weighted by atomic mass is 79.9. The summed E-state index contributed by atoms with van der Waals surface area (Å²) in [6, 6.07) is 12.0. The van der Waals surface area contributed by atoms with Crippen molar-refractivity contribution in [2.24, 2.45) is 0 Å². The first-order valence-electron chi connectivity index (χ1n) is 4.97. The van der Waals surface area contributed by atoms with Crippen LogP contribution in [0, 0.1) is 5.82 Å². The van der Waals surface area contributed by atoms with Gasteiger partial charge in [0.2, 0.25) is 0 Å². The molecule has 0 aromatic heterocycles. The molecule has 0 N–H and O–H groups in total. The summed E-state index contributed by atoms with van der Waals surface area (Å²) in [5, 5.41) is 0.684. The lowest BCUT2D eigenvalue weighted by Gasteiger charge is -2.06. The molecule has 0 aliphatic heterocycles. The molecule has 0 amide bonds. The van der Waals surface area contributed by atoms with Crippen molar-refractivity contribution in [1.82, 2.24) is 0 Å². The van der Waals surface area contributed by atoms with Gasteiger partial charge in [0, 0.05) is 11.1 Å². The van der Waals surface area contributed by atoms with Crippen molar-refractivity contribution in [2.75, 3.05) is 0 Å². The first kappa shape index (κ1) is 12.4. The summed E-state index contributed by atoms with van der Waals surface area (Å²) >= 11 is 8.86. The van der Waals surface area contributed by atoms with E-state index >= 15 is 0 Å². The van der Waals surface area contributed by atoms with Crippen molar-refractivity contribution in [3.63, 3.8) is 0 Å². The van der Waals surface area contributed by atoms with Crippen LogP contribution in [0.5, 0.6) is 5.75 Å². The van der Waals surface area contributed by atoms with E-state index < -0.39 is 0 Å². The van der Waals surface area contributed by atoms with Crippen molar-refractivity contribution in [1.29, 1.82) is 0 Å². The molecule has 2 aromatic rings. The summed E-state index contributed by atoms with van der Waals surface area (Å²) in [6.07, 6.45) is 0. The van der Waals surface area contributed by atoms with Gasteiger partial charge in [-0.25, -0.2) is 4.39 Å². The van der Waals surface area contributed by atoms with Gasteiger partial charge in [0.05, 0.1) is 4.47 Å². The van der Waals surface area contributed by atoms with E-state index in [9.17, 15) is 4.39 Å². The molecule has 0 fully saturated rings. The van der Waals surface area contributed by atoms with Gasteiger partial charge in [-0.1, -0.05) is 23.7 Å². The number of ether oxygens (including phenoxy) is 1. The van der Waals surface area contributed by atoms with E-state index in [0.717, 1.165) is 5.56 Å². The minimum Gasteiger partial charge on any atom is -0.489 e. The van der Waals surface area contributed by atoms with Crippen molar-refractivity contribution in [3.05, 3.63) is 63.3 Å². The van der Waals surface area contributed by atoms with Gasteiger partial charge in [-0.3, -0.25) is 0 Å². The Labute approximate surface area is 112 Å². The Balaban J connectivity index is 2.02. The van der Waals surface area contributed by atoms with Gasteiger partial charge >= 0.3 is 0 Å². The highest BCUT2D eigenvalue weighted by Crippen LogP contribution is 2.21. The molecule has 0 radical (unpaired) electrons. The third-order valence-corrected chi connectivity index (χ3v) is 3.10. The maximum Gasteiger partial charge on any atom is 0.141 e. The Hall–Kier alpha value is -1.06. The fourth-order valence-corrected chi connectivity index (χ4v) is 1.69. The molecule has 0 saturated carbocycles. The molecule has 0 aliphatic rings. The second-order valence-electron chi connectivity index (χ2n) is 3.49. The summed E-state index contributed by atoms with van der Waals surface area (Å²) in [4.78, 5) is 0. The Bertz CT molecular complexity index is 513. The fourth-order valence-electron chi connectivity index (χ4n) is 1.31. The quantitative estimate of drug-likeness (QED) is 0.789. The lowest BCUT2D eigenvalue weighted by molar-refractivity contribution is 0.304. The van der Waals surface area contributed by atoms with E-state index in [1.54, 1.807) is 24.3 Å². The van der Waals surface area contributed by atoms with Crippen LogP contribution in [-0.4, -0.2) is 0 Å². The van der Waals surface area contributed by atoms with Crippen LogP contribution in [0.2, 0.25) is 5.02 Å². The van der Waals surface area contributed by atoms with Crippen LogP contribution in [0.3, 0.4) is 0 Å². The van der Waals surface area contributed by atoms with Crippen LogP contribution in [0.4, 0.5) is 4.39 Å². The van der Waals surface area contributed by atoms with E-state index in [2.05, 4.69) is 15.9 Å². The van der Waals surface area contributed by atoms with Crippen molar-refractivity contribution in [2.45, 2.75) is 6.61 Å². The summed E-state index contributed by atoms with van der Waals surface area (Å²) in [6.45, 7) is 0.387. The monoisotopic (exact) mass is 314 g/mol. The Morgan fingerprint density at radius 2 is 1.82 bits per heavy atom. The highest BCUT2D eigenvalue weighted by Gasteiger charge is 2.01. The molecule has 0 unspecified atom stereocenters. The van der Waals surface area contributed by atoms with Crippen LogP contribution in [-0.2, 0) is 6.61 Å². The molecule has 0 saturated heterocycles. The normalized spacial score (nSPS) is 10.3. The predicted molar refractivity (Wildman–Crippen MR) is 69.9 cm³/mol. The molecule has 88 valence electrons. The largest absolute Gasteiger partial charge is 0.489 e. The second-order valence-corrected chi connectivity index (χ2v) is 4.78. The molecular weight excluding hydrogens is 306 g/mol. The second kappa shape index (κ2) is 5.52. The zero-order chi connectivity index (χ0) is 12.3. The molecule has 0 bridgehead atoms. The first-order chi connectivity index (χ1) is 8.15. The van der Waals surface area contributed by atoms with Crippen LogP contribution in [0.25, 0.3) is 0 Å². The van der Waals surface area contributed by atoms with E-state index in [0.29, 0.717) is 21.9 Å². The molecule has 2 rings (SSSR count). The van der Waals surface area contributed by atoms with Crippen molar-refractivity contribution < 1.29 is 9.13 Å². The average molecular weight is 316 g/mol. The van der Waals surface area contributed by atoms with E-state index in [1.165, 1.54) is 6.07 Å². The summed E-state index contributed by atoms with van der Waals surface area (Å²) in [5.41, 5.74) is 0.984. The lowest BCUT2D eigenvalue weighted by atomic mass is 10.2. The van der Waals surface area contributed by atoms with E-state index in [1.807, 2.05) is 12.1 Å². The molecule has 0 spiro atoms. The van der Waals surface area contributed by atoms with E-state index in [4.69, 9.17) is 16.3 Å². The molecule has 4 heteroatoms. The maximum atomic E-state index is 13.2. The Morgan fingerprint density at radius 3 is 2.47 bits per heavy atom. The Kier molecular flexibility index (Phi) is 4.02.